The highest BCUT2D eigenvalue weighted by atomic mass is 32.1. The Kier molecular flexibility index (Phi) is 7.04. The van der Waals surface area contributed by atoms with Crippen LogP contribution in [0, 0.1) is 16.7 Å². The summed E-state index contributed by atoms with van der Waals surface area (Å²) in [7, 11) is 0. The third-order valence-corrected chi connectivity index (χ3v) is 9.14. The van der Waals surface area contributed by atoms with Gasteiger partial charge in [-0.15, -0.1) is 11.3 Å². The molecule has 184 valence electrons. The van der Waals surface area contributed by atoms with E-state index in [1.54, 1.807) is 11.3 Å². The van der Waals surface area contributed by atoms with Crippen molar-refractivity contribution in [2.45, 2.75) is 59.8 Å². The van der Waals surface area contributed by atoms with E-state index in [-0.39, 0.29) is 22.7 Å². The predicted octanol–water partition coefficient (Wildman–Crippen LogP) is 4.90. The summed E-state index contributed by atoms with van der Waals surface area (Å²) in [6.45, 7) is 13.4. The Morgan fingerprint density at radius 2 is 1.82 bits per heavy atom. The fourth-order valence-electron chi connectivity index (χ4n) is 5.33. The highest BCUT2D eigenvalue weighted by Crippen LogP contribution is 2.68. The number of benzene rings is 1. The van der Waals surface area contributed by atoms with Crippen molar-refractivity contribution in [2.24, 2.45) is 16.7 Å². The number of nitrogens with one attached hydrogen (secondary N) is 1. The van der Waals surface area contributed by atoms with Gasteiger partial charge in [0.15, 0.2) is 0 Å². The number of hydrogen-bond donors (Lipinski definition) is 1. The highest BCUT2D eigenvalue weighted by molar-refractivity contribution is 7.09. The van der Waals surface area contributed by atoms with Crippen LogP contribution in [0.4, 0.5) is 0 Å². The molecule has 1 aromatic heterocycles. The number of carbonyl (C=O) groups is 2. The zero-order valence-electron chi connectivity index (χ0n) is 21.0. The van der Waals surface area contributed by atoms with E-state index in [1.165, 1.54) is 0 Å². The molecule has 1 aromatic carbocycles. The van der Waals surface area contributed by atoms with E-state index in [9.17, 15) is 9.59 Å². The molecular formula is C27H37N3O3S. The number of thiazole rings is 1. The Labute approximate surface area is 207 Å². The van der Waals surface area contributed by atoms with E-state index in [4.69, 9.17) is 4.74 Å². The van der Waals surface area contributed by atoms with Crippen LogP contribution in [0.5, 0.6) is 5.75 Å². The van der Waals surface area contributed by atoms with E-state index in [1.807, 2.05) is 41.5 Å². The molecule has 1 aliphatic heterocycles. The van der Waals surface area contributed by atoms with Gasteiger partial charge in [-0.1, -0.05) is 45.9 Å². The molecule has 0 atom stereocenters. The first-order valence-electron chi connectivity index (χ1n) is 12.4. The van der Waals surface area contributed by atoms with E-state index in [2.05, 4.69) is 38.0 Å². The first kappa shape index (κ1) is 24.7. The van der Waals surface area contributed by atoms with Gasteiger partial charge in [0.25, 0.3) is 5.91 Å². The lowest BCUT2D eigenvalue weighted by atomic mass is 9.96. The Hall–Kier alpha value is -2.41. The molecule has 1 saturated carbocycles. The smallest absolute Gasteiger partial charge is 0.270 e. The van der Waals surface area contributed by atoms with Gasteiger partial charge in [0.2, 0.25) is 5.91 Å². The summed E-state index contributed by atoms with van der Waals surface area (Å²) in [5.74, 6) is 1.47. The summed E-state index contributed by atoms with van der Waals surface area (Å²) in [5, 5.41) is 5.84. The lowest BCUT2D eigenvalue weighted by molar-refractivity contribution is -0.134. The molecule has 2 amide bonds. The normalized spacial score (nSPS) is 19.6. The minimum atomic E-state index is -0.137. The number of ether oxygens (including phenoxy) is 1. The number of aromatic nitrogens is 1. The summed E-state index contributed by atoms with van der Waals surface area (Å²) in [5.41, 5.74) is 1.72. The van der Waals surface area contributed by atoms with Crippen LogP contribution < -0.4 is 10.1 Å². The van der Waals surface area contributed by atoms with Gasteiger partial charge in [0, 0.05) is 36.9 Å². The monoisotopic (exact) mass is 483 g/mol. The quantitative estimate of drug-likeness (QED) is 0.580. The second-order valence-corrected chi connectivity index (χ2v) is 11.5. The van der Waals surface area contributed by atoms with Crippen molar-refractivity contribution >= 4 is 23.2 Å². The van der Waals surface area contributed by atoms with Crippen molar-refractivity contribution in [1.82, 2.24) is 15.2 Å². The molecule has 1 saturated heterocycles. The molecule has 0 radical (unpaired) electrons. The molecular weight excluding hydrogens is 446 g/mol. The number of para-hydroxylation sites is 1. The number of likely N-dealkylation sites (tertiary alicyclic amines) is 1. The fraction of sp³-hybridized carbons (Fsp3) is 0.593. The topological polar surface area (TPSA) is 71.5 Å². The summed E-state index contributed by atoms with van der Waals surface area (Å²) in [6, 6.07) is 7.93. The summed E-state index contributed by atoms with van der Waals surface area (Å²) in [6.07, 6.45) is 2.52. The van der Waals surface area contributed by atoms with Gasteiger partial charge in [-0.2, -0.15) is 0 Å². The Bertz CT molecular complexity index is 1020. The Morgan fingerprint density at radius 1 is 1.15 bits per heavy atom. The molecule has 7 heteroatoms. The van der Waals surface area contributed by atoms with Crippen LogP contribution in [0.2, 0.25) is 0 Å². The summed E-state index contributed by atoms with van der Waals surface area (Å²) in [4.78, 5) is 32.4. The van der Waals surface area contributed by atoms with Crippen LogP contribution in [0.3, 0.4) is 0 Å². The van der Waals surface area contributed by atoms with Crippen LogP contribution in [-0.2, 0) is 11.2 Å². The number of amides is 2. The maximum absolute atomic E-state index is 13.0. The van der Waals surface area contributed by atoms with Crippen molar-refractivity contribution in [3.8, 4) is 5.75 Å². The van der Waals surface area contributed by atoms with Crippen LogP contribution in [0.25, 0.3) is 0 Å². The van der Waals surface area contributed by atoms with Crippen molar-refractivity contribution in [3.63, 3.8) is 0 Å². The van der Waals surface area contributed by atoms with Crippen LogP contribution in [0.15, 0.2) is 29.6 Å². The second kappa shape index (κ2) is 9.68. The van der Waals surface area contributed by atoms with Gasteiger partial charge in [-0.3, -0.25) is 9.59 Å². The third-order valence-electron chi connectivity index (χ3n) is 8.13. The standard InChI is InChI=1S/C27H37N3O3S/c1-6-33-21-10-8-7-9-18(21)11-14-28-23(31)20-17-34-24(29-20)19-12-15-30(16-13-19)25(32)22-26(2,3)27(22,4)5/h7-10,17,19,22H,6,11-16H2,1-5H3,(H,28,31). The van der Waals surface area contributed by atoms with Gasteiger partial charge in [0.1, 0.15) is 11.4 Å². The molecule has 34 heavy (non-hydrogen) atoms. The van der Waals surface area contributed by atoms with Crippen LogP contribution >= 0.6 is 11.3 Å². The maximum Gasteiger partial charge on any atom is 0.270 e. The van der Waals surface area contributed by atoms with Crippen molar-refractivity contribution in [1.29, 1.82) is 0 Å². The highest BCUT2D eigenvalue weighted by Gasteiger charge is 2.68. The van der Waals surface area contributed by atoms with E-state index >= 15 is 0 Å². The molecule has 2 aliphatic rings. The molecule has 1 aliphatic carbocycles. The molecule has 0 bridgehead atoms. The number of nitrogens with zero attached hydrogens (tertiary/aromatic N) is 2. The van der Waals surface area contributed by atoms with E-state index in [0.717, 1.165) is 42.3 Å². The van der Waals surface area contributed by atoms with Gasteiger partial charge < -0.3 is 15.0 Å². The lowest BCUT2D eigenvalue weighted by Crippen LogP contribution is -2.40. The number of hydrogen-bond acceptors (Lipinski definition) is 5. The fourth-order valence-corrected chi connectivity index (χ4v) is 6.30. The van der Waals surface area contributed by atoms with Gasteiger partial charge in [-0.25, -0.2) is 4.98 Å². The van der Waals surface area contributed by atoms with E-state index < -0.39 is 0 Å². The zero-order chi connectivity index (χ0) is 24.5. The average Bonchev–Trinajstić information content (AvgIpc) is 3.14. The molecule has 0 unspecified atom stereocenters. The molecule has 4 rings (SSSR count). The lowest BCUT2D eigenvalue weighted by Gasteiger charge is -2.31. The van der Waals surface area contributed by atoms with Gasteiger partial charge in [-0.05, 0) is 48.6 Å². The second-order valence-electron chi connectivity index (χ2n) is 10.6. The predicted molar refractivity (Wildman–Crippen MR) is 135 cm³/mol. The van der Waals surface area contributed by atoms with Crippen LogP contribution in [0.1, 0.15) is 74.4 Å². The first-order valence-corrected chi connectivity index (χ1v) is 13.3. The minimum Gasteiger partial charge on any atom is -0.494 e. The van der Waals surface area contributed by atoms with Crippen molar-refractivity contribution in [3.05, 3.63) is 45.9 Å². The first-order chi connectivity index (χ1) is 16.2. The maximum atomic E-state index is 13.0. The number of rotatable bonds is 8. The summed E-state index contributed by atoms with van der Waals surface area (Å²) >= 11 is 1.56. The molecule has 1 N–H and O–H groups in total. The van der Waals surface area contributed by atoms with Gasteiger partial charge in [0.05, 0.1) is 11.6 Å². The van der Waals surface area contributed by atoms with Crippen molar-refractivity contribution in [2.75, 3.05) is 26.2 Å². The molecule has 2 aromatic rings. The SMILES string of the molecule is CCOc1ccccc1CCNC(=O)c1csc(C2CCN(C(=O)C3C(C)(C)C3(C)C)CC2)n1. The minimum absolute atomic E-state index is 0.0730. The van der Waals surface area contributed by atoms with Crippen molar-refractivity contribution < 1.29 is 14.3 Å². The molecule has 6 nitrogen and oxygen atoms in total. The molecule has 2 fully saturated rings. The average molecular weight is 484 g/mol. The zero-order valence-corrected chi connectivity index (χ0v) is 21.8. The van der Waals surface area contributed by atoms with Crippen LogP contribution in [-0.4, -0.2) is 47.9 Å². The Balaban J connectivity index is 1.26. The van der Waals surface area contributed by atoms with Gasteiger partial charge >= 0.3 is 0 Å². The molecule has 0 spiro atoms. The van der Waals surface area contributed by atoms with E-state index in [0.29, 0.717) is 37.1 Å². The largest absolute Gasteiger partial charge is 0.494 e. The molecule has 2 heterocycles. The summed E-state index contributed by atoms with van der Waals surface area (Å²) < 4.78 is 5.66. The Morgan fingerprint density at radius 3 is 2.47 bits per heavy atom. The number of piperidine rings is 1. The third kappa shape index (κ3) is 4.72. The number of carbonyl (C=O) groups excluding carboxylic acids is 2.